The Labute approximate surface area is 103 Å². The Hall–Kier alpha value is -2.14. The molecule has 0 aliphatic heterocycles. The van der Waals surface area contributed by atoms with Gasteiger partial charge in [0.2, 0.25) is 0 Å². The van der Waals surface area contributed by atoms with E-state index < -0.39 is 11.6 Å². The molecule has 1 heterocycles. The highest BCUT2D eigenvalue weighted by Crippen LogP contribution is 2.14. The van der Waals surface area contributed by atoms with Crippen molar-refractivity contribution in [2.45, 2.75) is 6.42 Å². The van der Waals surface area contributed by atoms with Crippen molar-refractivity contribution in [1.29, 1.82) is 0 Å². The Morgan fingerprint density at radius 3 is 2.83 bits per heavy atom. The Bertz CT molecular complexity index is 614. The predicted octanol–water partition coefficient (Wildman–Crippen LogP) is 1.33. The molecule has 1 aromatic carbocycles. The van der Waals surface area contributed by atoms with Crippen LogP contribution in [0.3, 0.4) is 0 Å². The molecule has 2 aromatic rings. The van der Waals surface area contributed by atoms with Gasteiger partial charge in [-0.3, -0.25) is 0 Å². The summed E-state index contributed by atoms with van der Waals surface area (Å²) < 4.78 is 9.90. The zero-order valence-corrected chi connectivity index (χ0v) is 9.59. The van der Waals surface area contributed by atoms with Crippen LogP contribution < -0.4 is 5.63 Å². The van der Waals surface area contributed by atoms with Crippen LogP contribution in [0.1, 0.15) is 16.8 Å². The minimum atomic E-state index is -0.503. The fourth-order valence-electron chi connectivity index (χ4n) is 1.50. The lowest BCUT2D eigenvalue weighted by Gasteiger charge is -2.04. The highest BCUT2D eigenvalue weighted by molar-refractivity contribution is 5.93. The number of fused-ring (bicyclic) bond motifs is 1. The van der Waals surface area contributed by atoms with Crippen molar-refractivity contribution in [2.24, 2.45) is 0 Å². The van der Waals surface area contributed by atoms with E-state index >= 15 is 0 Å². The van der Waals surface area contributed by atoms with Crippen molar-refractivity contribution in [2.75, 3.05) is 13.2 Å². The third kappa shape index (κ3) is 2.75. The molecule has 0 fully saturated rings. The third-order valence-corrected chi connectivity index (χ3v) is 2.39. The molecule has 5 nitrogen and oxygen atoms in total. The summed E-state index contributed by atoms with van der Waals surface area (Å²) in [7, 11) is 0. The smallest absolute Gasteiger partial charge is 0.338 e. The van der Waals surface area contributed by atoms with Gasteiger partial charge in [0.1, 0.15) is 5.58 Å². The summed E-state index contributed by atoms with van der Waals surface area (Å²) in [5.74, 6) is -0.503. The first kappa shape index (κ1) is 12.3. The number of carbonyl (C=O) groups is 1. The number of carbonyl (C=O) groups excluding carboxylic acids is 1. The molecule has 94 valence electrons. The van der Waals surface area contributed by atoms with Crippen LogP contribution in [0.25, 0.3) is 11.0 Å². The zero-order valence-electron chi connectivity index (χ0n) is 9.59. The van der Waals surface area contributed by atoms with E-state index in [1.807, 2.05) is 0 Å². The highest BCUT2D eigenvalue weighted by Gasteiger charge is 2.08. The van der Waals surface area contributed by atoms with Crippen molar-refractivity contribution < 1.29 is 19.1 Å². The molecular weight excluding hydrogens is 236 g/mol. The number of hydrogen-bond donors (Lipinski definition) is 1. The van der Waals surface area contributed by atoms with Gasteiger partial charge in [0, 0.05) is 24.5 Å². The van der Waals surface area contributed by atoms with E-state index in [0.717, 1.165) is 5.39 Å². The minimum Gasteiger partial charge on any atom is -0.462 e. The first-order chi connectivity index (χ1) is 8.70. The standard InChI is InChI=1S/C13H12O5/c14-6-1-7-17-13(16)10-3-2-9-4-5-12(15)18-11(9)8-10/h2-5,8,14H,1,6-7H2. The first-order valence-corrected chi connectivity index (χ1v) is 5.52. The second-order valence-electron chi connectivity index (χ2n) is 3.72. The summed E-state index contributed by atoms with van der Waals surface area (Å²) in [6.45, 7) is 0.131. The van der Waals surface area contributed by atoms with Gasteiger partial charge in [0.15, 0.2) is 0 Å². The van der Waals surface area contributed by atoms with Gasteiger partial charge in [-0.1, -0.05) is 6.07 Å². The van der Waals surface area contributed by atoms with Crippen molar-refractivity contribution in [1.82, 2.24) is 0 Å². The Morgan fingerprint density at radius 2 is 2.06 bits per heavy atom. The van der Waals surface area contributed by atoms with Crippen LogP contribution in [0.2, 0.25) is 0 Å². The quantitative estimate of drug-likeness (QED) is 0.502. The summed E-state index contributed by atoms with van der Waals surface area (Å²) in [6.07, 6.45) is 0.397. The van der Waals surface area contributed by atoms with E-state index in [1.165, 1.54) is 12.1 Å². The lowest BCUT2D eigenvalue weighted by molar-refractivity contribution is 0.0482. The molecule has 1 aromatic heterocycles. The molecule has 0 spiro atoms. The van der Waals surface area contributed by atoms with Crippen LogP contribution >= 0.6 is 0 Å². The SMILES string of the molecule is O=C(OCCCO)c1ccc2ccc(=O)oc2c1. The molecule has 2 rings (SSSR count). The van der Waals surface area contributed by atoms with Gasteiger partial charge in [-0.25, -0.2) is 9.59 Å². The molecule has 1 N–H and O–H groups in total. The Morgan fingerprint density at radius 1 is 1.28 bits per heavy atom. The molecule has 0 bridgehead atoms. The summed E-state index contributed by atoms with van der Waals surface area (Å²) in [5, 5.41) is 9.32. The van der Waals surface area contributed by atoms with Crippen LogP contribution in [0, 0.1) is 0 Å². The molecule has 0 saturated carbocycles. The fraction of sp³-hybridized carbons (Fsp3) is 0.231. The largest absolute Gasteiger partial charge is 0.462 e. The Balaban J connectivity index is 2.23. The topological polar surface area (TPSA) is 76.7 Å². The summed E-state index contributed by atoms with van der Waals surface area (Å²) in [6, 6.07) is 7.70. The van der Waals surface area contributed by atoms with Gasteiger partial charge >= 0.3 is 11.6 Å². The lowest BCUT2D eigenvalue weighted by Crippen LogP contribution is -2.07. The predicted molar refractivity (Wildman–Crippen MR) is 64.5 cm³/mol. The lowest BCUT2D eigenvalue weighted by atomic mass is 10.1. The van der Waals surface area contributed by atoms with Crippen LogP contribution in [-0.2, 0) is 4.74 Å². The third-order valence-electron chi connectivity index (χ3n) is 2.39. The highest BCUT2D eigenvalue weighted by atomic mass is 16.5. The molecule has 0 aliphatic carbocycles. The number of ether oxygens (including phenoxy) is 1. The van der Waals surface area contributed by atoms with E-state index in [0.29, 0.717) is 17.6 Å². The van der Waals surface area contributed by atoms with Gasteiger partial charge in [-0.15, -0.1) is 0 Å². The number of benzene rings is 1. The zero-order chi connectivity index (χ0) is 13.0. The normalized spacial score (nSPS) is 10.5. The van der Waals surface area contributed by atoms with Crippen molar-refractivity contribution in [3.8, 4) is 0 Å². The van der Waals surface area contributed by atoms with Crippen molar-refractivity contribution in [3.05, 3.63) is 46.3 Å². The number of esters is 1. The van der Waals surface area contributed by atoms with Crippen LogP contribution in [-0.4, -0.2) is 24.3 Å². The van der Waals surface area contributed by atoms with E-state index in [9.17, 15) is 9.59 Å². The molecule has 0 unspecified atom stereocenters. The summed E-state index contributed by atoms with van der Waals surface area (Å²) in [5.41, 5.74) is 0.196. The number of aliphatic hydroxyl groups is 1. The molecule has 0 amide bonds. The van der Waals surface area contributed by atoms with Crippen molar-refractivity contribution in [3.63, 3.8) is 0 Å². The second kappa shape index (κ2) is 5.46. The van der Waals surface area contributed by atoms with Crippen molar-refractivity contribution >= 4 is 16.9 Å². The maximum absolute atomic E-state index is 11.6. The molecule has 0 saturated heterocycles. The maximum Gasteiger partial charge on any atom is 0.338 e. The molecular formula is C13H12O5. The maximum atomic E-state index is 11.6. The second-order valence-corrected chi connectivity index (χ2v) is 3.72. The van der Waals surface area contributed by atoms with Gasteiger partial charge in [-0.05, 0) is 18.2 Å². The number of rotatable bonds is 4. The average molecular weight is 248 g/mol. The van der Waals surface area contributed by atoms with Crippen LogP contribution in [0.15, 0.2) is 39.5 Å². The first-order valence-electron chi connectivity index (χ1n) is 5.52. The number of aliphatic hydroxyl groups excluding tert-OH is 1. The van der Waals surface area contributed by atoms with Gasteiger partial charge in [-0.2, -0.15) is 0 Å². The minimum absolute atomic E-state index is 0.0279. The molecule has 0 aliphatic rings. The summed E-state index contributed by atoms with van der Waals surface area (Å²) in [4.78, 5) is 22.7. The fourth-order valence-corrected chi connectivity index (χ4v) is 1.50. The van der Waals surface area contributed by atoms with E-state index in [1.54, 1.807) is 18.2 Å². The molecule has 18 heavy (non-hydrogen) atoms. The van der Waals surface area contributed by atoms with E-state index in [-0.39, 0.29) is 13.2 Å². The monoisotopic (exact) mass is 248 g/mol. The Kier molecular flexibility index (Phi) is 3.74. The van der Waals surface area contributed by atoms with E-state index in [2.05, 4.69) is 0 Å². The summed E-state index contributed by atoms with van der Waals surface area (Å²) >= 11 is 0. The molecule has 0 atom stereocenters. The number of hydrogen-bond acceptors (Lipinski definition) is 5. The molecule has 0 radical (unpaired) electrons. The van der Waals surface area contributed by atoms with Crippen LogP contribution in [0.4, 0.5) is 0 Å². The van der Waals surface area contributed by atoms with E-state index in [4.69, 9.17) is 14.3 Å². The average Bonchev–Trinajstić information content (AvgIpc) is 2.38. The van der Waals surface area contributed by atoms with Gasteiger partial charge in [0.25, 0.3) is 0 Å². The molecule has 5 heteroatoms. The van der Waals surface area contributed by atoms with Gasteiger partial charge in [0.05, 0.1) is 12.2 Å². The van der Waals surface area contributed by atoms with Gasteiger partial charge < -0.3 is 14.3 Å². The van der Waals surface area contributed by atoms with Crippen LogP contribution in [0.5, 0.6) is 0 Å².